The quantitative estimate of drug-likeness (QED) is 0.293. The largest absolute Gasteiger partial charge is 0.0801 e. The molecule has 0 heteroatoms. The molecule has 0 spiro atoms. The van der Waals surface area contributed by atoms with Crippen LogP contribution in [0.3, 0.4) is 0 Å². The minimum Gasteiger partial charge on any atom is -0.0801 e. The van der Waals surface area contributed by atoms with Crippen molar-refractivity contribution in [3.8, 4) is 11.1 Å². The number of hydrogen-bond donors (Lipinski definition) is 0. The van der Waals surface area contributed by atoms with Crippen LogP contribution in [0.1, 0.15) is 114 Å². The van der Waals surface area contributed by atoms with Gasteiger partial charge in [0.25, 0.3) is 0 Å². The van der Waals surface area contributed by atoms with Crippen molar-refractivity contribution in [2.75, 3.05) is 0 Å². The first-order valence-electron chi connectivity index (χ1n) is 15.3. The third kappa shape index (κ3) is 6.84. The van der Waals surface area contributed by atoms with E-state index in [1.165, 1.54) is 62.1 Å². The predicted octanol–water partition coefficient (Wildman–Crippen LogP) is 12.1. The molecule has 0 radical (unpaired) electrons. The Kier molecular flexibility index (Phi) is 11.1. The molecule has 0 nitrogen and oxygen atoms in total. The zero-order valence-electron chi connectivity index (χ0n) is 26.4. The lowest BCUT2D eigenvalue weighted by atomic mass is 9.82. The van der Waals surface area contributed by atoms with Crippen LogP contribution in [-0.2, 0) is 11.8 Å². The molecule has 0 saturated heterocycles. The van der Waals surface area contributed by atoms with Crippen LogP contribution in [-0.4, -0.2) is 0 Å². The van der Waals surface area contributed by atoms with Crippen molar-refractivity contribution in [3.05, 3.63) is 129 Å². The van der Waals surface area contributed by atoms with E-state index in [1.807, 2.05) is 13.8 Å². The Morgan fingerprint density at radius 1 is 0.775 bits per heavy atom. The van der Waals surface area contributed by atoms with E-state index in [0.717, 1.165) is 12.8 Å². The van der Waals surface area contributed by atoms with E-state index in [1.54, 1.807) is 0 Å². The SMILES string of the molecule is CC.CC1(C)c2ccccc2-c2ccccc21.CC1=C/C/C=C\c2c(C(C)C)ccc3c2C/C(=C\1)C=C3.CCC. The van der Waals surface area contributed by atoms with Crippen molar-refractivity contribution in [3.63, 3.8) is 0 Å². The Balaban J connectivity index is 0.000000195. The summed E-state index contributed by atoms with van der Waals surface area (Å²) in [6, 6.07) is 22.0. The molecule has 0 aromatic heterocycles. The normalized spacial score (nSPS) is 18.4. The highest BCUT2D eigenvalue weighted by molar-refractivity contribution is 5.80. The average Bonchev–Trinajstić information content (AvgIpc) is 3.19. The summed E-state index contributed by atoms with van der Waals surface area (Å²) in [5.41, 5.74) is 14.4. The molecule has 0 atom stereocenters. The fourth-order valence-electron chi connectivity index (χ4n) is 5.77. The van der Waals surface area contributed by atoms with Gasteiger partial charge in [-0.15, -0.1) is 0 Å². The first-order valence-corrected chi connectivity index (χ1v) is 15.3. The number of fused-ring (bicyclic) bond motifs is 4. The lowest BCUT2D eigenvalue weighted by Gasteiger charge is -2.21. The summed E-state index contributed by atoms with van der Waals surface area (Å²) in [6.07, 6.45) is 17.1. The molecule has 0 saturated carbocycles. The molecule has 210 valence electrons. The van der Waals surface area contributed by atoms with Crippen LogP contribution in [0, 0.1) is 0 Å². The van der Waals surface area contributed by atoms with E-state index in [0.29, 0.717) is 5.92 Å². The monoisotopic (exact) mass is 530 g/mol. The van der Waals surface area contributed by atoms with E-state index in [4.69, 9.17) is 0 Å². The maximum absolute atomic E-state index is 2.33. The van der Waals surface area contributed by atoms with E-state index in [9.17, 15) is 0 Å². The molecule has 6 rings (SSSR count). The van der Waals surface area contributed by atoms with Gasteiger partial charge < -0.3 is 0 Å². The van der Waals surface area contributed by atoms with Gasteiger partial charge in [0.1, 0.15) is 0 Å². The second kappa shape index (κ2) is 14.3. The fourth-order valence-corrected chi connectivity index (χ4v) is 5.77. The van der Waals surface area contributed by atoms with Crippen molar-refractivity contribution in [1.82, 2.24) is 0 Å². The second-order valence-corrected chi connectivity index (χ2v) is 11.5. The summed E-state index contributed by atoms with van der Waals surface area (Å²) in [7, 11) is 0. The smallest absolute Gasteiger partial charge is 0.0158 e. The number of hydrogen-bond acceptors (Lipinski definition) is 0. The maximum atomic E-state index is 2.33. The number of allylic oxidation sites excluding steroid dienone is 6. The average molecular weight is 531 g/mol. The van der Waals surface area contributed by atoms with Gasteiger partial charge in [0.2, 0.25) is 0 Å². The second-order valence-electron chi connectivity index (χ2n) is 11.5. The highest BCUT2D eigenvalue weighted by atomic mass is 14.4. The minimum atomic E-state index is 0.160. The van der Waals surface area contributed by atoms with Crippen LogP contribution in [0.5, 0.6) is 0 Å². The molecule has 0 amide bonds. The van der Waals surface area contributed by atoms with Crippen LogP contribution in [0.15, 0.2) is 96.1 Å². The van der Waals surface area contributed by atoms with Gasteiger partial charge in [-0.1, -0.05) is 165 Å². The molecule has 0 fully saturated rings. The van der Waals surface area contributed by atoms with Crippen molar-refractivity contribution in [2.24, 2.45) is 0 Å². The first kappa shape index (κ1) is 31.2. The van der Waals surface area contributed by atoms with Crippen LogP contribution < -0.4 is 0 Å². The zero-order chi connectivity index (χ0) is 29.3. The lowest BCUT2D eigenvalue weighted by molar-refractivity contribution is 0.660. The lowest BCUT2D eigenvalue weighted by Crippen LogP contribution is -2.14. The topological polar surface area (TPSA) is 0 Å². The molecule has 40 heavy (non-hydrogen) atoms. The van der Waals surface area contributed by atoms with Gasteiger partial charge >= 0.3 is 0 Å². The molecular weight excluding hydrogens is 480 g/mol. The fraction of sp³-hybridized carbons (Fsp3) is 0.350. The Morgan fingerprint density at radius 2 is 1.35 bits per heavy atom. The Labute approximate surface area is 245 Å². The molecule has 2 bridgehead atoms. The van der Waals surface area contributed by atoms with E-state index < -0.39 is 0 Å². The standard InChI is InChI=1S/C20H22.C15H14.C3H8.C2H6/c1-14(2)18-11-10-17-9-8-16-12-15(3)6-4-5-7-19(18)20(17)13-16;1-15(2)13-9-5-3-7-11(13)12-8-4-6-10-14(12)15;1-3-2;1-2/h5-12,14H,4,13H2,1-3H3;3-10H,1-2H3;3H2,1-2H3;1-2H3/b7-5-,15-6-,16-12-;;;. The van der Waals surface area contributed by atoms with E-state index in [2.05, 4.69) is 146 Å². The molecule has 0 aliphatic heterocycles. The van der Waals surface area contributed by atoms with Gasteiger partial charge in [0, 0.05) is 5.41 Å². The van der Waals surface area contributed by atoms with Gasteiger partial charge in [0.15, 0.2) is 0 Å². The molecule has 3 aliphatic rings. The molecule has 3 aliphatic carbocycles. The molecule has 0 heterocycles. The van der Waals surface area contributed by atoms with Crippen molar-refractivity contribution in [1.29, 1.82) is 0 Å². The van der Waals surface area contributed by atoms with Crippen LogP contribution >= 0.6 is 0 Å². The Bertz CT molecular complexity index is 1350. The molecule has 0 unspecified atom stereocenters. The highest BCUT2D eigenvalue weighted by Gasteiger charge is 2.34. The summed E-state index contributed by atoms with van der Waals surface area (Å²) < 4.78 is 0. The number of rotatable bonds is 1. The van der Waals surface area contributed by atoms with E-state index >= 15 is 0 Å². The maximum Gasteiger partial charge on any atom is 0.0158 e. The van der Waals surface area contributed by atoms with Crippen molar-refractivity contribution >= 4 is 12.2 Å². The predicted molar refractivity (Wildman–Crippen MR) is 180 cm³/mol. The van der Waals surface area contributed by atoms with Crippen LogP contribution in [0.2, 0.25) is 0 Å². The van der Waals surface area contributed by atoms with Gasteiger partial charge in [-0.05, 0) is 75.8 Å². The summed E-state index contributed by atoms with van der Waals surface area (Å²) in [6.45, 7) is 19.6. The van der Waals surface area contributed by atoms with Gasteiger partial charge in [-0.25, -0.2) is 0 Å². The zero-order valence-corrected chi connectivity index (χ0v) is 26.4. The first-order chi connectivity index (χ1) is 19.3. The Morgan fingerprint density at radius 3 is 1.93 bits per heavy atom. The third-order valence-electron chi connectivity index (χ3n) is 7.67. The van der Waals surface area contributed by atoms with Crippen LogP contribution in [0.4, 0.5) is 0 Å². The summed E-state index contributed by atoms with van der Waals surface area (Å²) >= 11 is 0. The summed E-state index contributed by atoms with van der Waals surface area (Å²) in [5.74, 6) is 0.568. The molecule has 3 aromatic rings. The van der Waals surface area contributed by atoms with Crippen LogP contribution in [0.25, 0.3) is 23.3 Å². The summed E-state index contributed by atoms with van der Waals surface area (Å²) in [4.78, 5) is 0. The number of benzene rings is 3. The van der Waals surface area contributed by atoms with Crippen molar-refractivity contribution in [2.45, 2.75) is 92.9 Å². The molecular formula is C40H50. The van der Waals surface area contributed by atoms with E-state index in [-0.39, 0.29) is 5.41 Å². The van der Waals surface area contributed by atoms with Crippen molar-refractivity contribution < 1.29 is 0 Å². The third-order valence-corrected chi connectivity index (χ3v) is 7.67. The Hall–Kier alpha value is -3.38. The molecule has 0 N–H and O–H groups in total. The molecule has 3 aromatic carbocycles. The van der Waals surface area contributed by atoms with Gasteiger partial charge in [-0.3, -0.25) is 0 Å². The highest BCUT2D eigenvalue weighted by Crippen LogP contribution is 2.48. The summed E-state index contributed by atoms with van der Waals surface area (Å²) in [5, 5.41) is 0. The van der Waals surface area contributed by atoms with Gasteiger partial charge in [0.05, 0.1) is 0 Å². The minimum absolute atomic E-state index is 0.160. The van der Waals surface area contributed by atoms with Gasteiger partial charge in [-0.2, -0.15) is 0 Å².